The number of carbonyl (C=O) groups is 2. The molecule has 6 nitrogen and oxygen atoms in total. The summed E-state index contributed by atoms with van der Waals surface area (Å²) in [5, 5.41) is 3.83. The lowest BCUT2D eigenvalue weighted by molar-refractivity contribution is -0.134. The molecule has 3 rings (SSSR count). The van der Waals surface area contributed by atoms with Crippen molar-refractivity contribution in [2.45, 2.75) is 25.8 Å². The van der Waals surface area contributed by atoms with Crippen molar-refractivity contribution in [3.8, 4) is 0 Å². The van der Waals surface area contributed by atoms with E-state index in [0.717, 1.165) is 38.0 Å². The Bertz CT molecular complexity index is 664. The van der Waals surface area contributed by atoms with Crippen LogP contribution >= 0.6 is 11.6 Å². The first-order chi connectivity index (χ1) is 13.1. The van der Waals surface area contributed by atoms with Crippen molar-refractivity contribution < 1.29 is 14.3 Å². The van der Waals surface area contributed by atoms with Gasteiger partial charge in [0.15, 0.2) is 0 Å². The molecule has 27 heavy (non-hydrogen) atoms. The van der Waals surface area contributed by atoms with E-state index in [1.807, 2.05) is 24.3 Å². The maximum atomic E-state index is 12.7. The second-order valence-corrected chi connectivity index (χ2v) is 7.64. The van der Waals surface area contributed by atoms with E-state index >= 15 is 0 Å². The Morgan fingerprint density at radius 2 is 2.00 bits per heavy atom. The minimum atomic E-state index is -0.140. The molecule has 2 aliphatic rings. The van der Waals surface area contributed by atoms with Crippen LogP contribution in [0.4, 0.5) is 0 Å². The maximum Gasteiger partial charge on any atom is 0.224 e. The number of nitrogens with one attached hydrogen (secondary N) is 1. The van der Waals surface area contributed by atoms with Crippen LogP contribution in [0.5, 0.6) is 0 Å². The fourth-order valence-electron chi connectivity index (χ4n) is 3.89. The first kappa shape index (κ1) is 20.1. The number of hydrogen-bond acceptors (Lipinski definition) is 4. The highest BCUT2D eigenvalue weighted by Gasteiger charge is 2.29. The molecule has 2 heterocycles. The Labute approximate surface area is 165 Å². The highest BCUT2D eigenvalue weighted by atomic mass is 35.5. The second kappa shape index (κ2) is 9.53. The molecule has 148 valence electrons. The monoisotopic (exact) mass is 393 g/mol. The molecule has 0 bridgehead atoms. The molecule has 2 atom stereocenters. The molecule has 0 saturated carbocycles. The Balaban J connectivity index is 1.66. The van der Waals surface area contributed by atoms with E-state index in [1.165, 1.54) is 0 Å². The fourth-order valence-corrected chi connectivity index (χ4v) is 4.15. The molecule has 1 aromatic rings. The van der Waals surface area contributed by atoms with Crippen molar-refractivity contribution >= 4 is 23.4 Å². The van der Waals surface area contributed by atoms with Crippen molar-refractivity contribution in [2.24, 2.45) is 5.92 Å². The summed E-state index contributed by atoms with van der Waals surface area (Å²) in [6.07, 6.45) is 1.69. The third-order valence-corrected chi connectivity index (χ3v) is 5.80. The van der Waals surface area contributed by atoms with Gasteiger partial charge in [0, 0.05) is 44.7 Å². The van der Waals surface area contributed by atoms with Crippen LogP contribution in [0.1, 0.15) is 31.4 Å². The van der Waals surface area contributed by atoms with Gasteiger partial charge in [-0.1, -0.05) is 29.8 Å². The lowest BCUT2D eigenvalue weighted by Crippen LogP contribution is -2.48. The summed E-state index contributed by atoms with van der Waals surface area (Å²) in [4.78, 5) is 28.4. The molecule has 0 radical (unpaired) electrons. The molecule has 2 fully saturated rings. The van der Waals surface area contributed by atoms with Crippen LogP contribution in [0.2, 0.25) is 5.02 Å². The summed E-state index contributed by atoms with van der Waals surface area (Å²) >= 11 is 6.44. The van der Waals surface area contributed by atoms with E-state index in [-0.39, 0.29) is 23.8 Å². The SMILES string of the molecule is CC(=O)N1CCCC(C(=O)NCC(c2ccccc2Cl)N2CCOCC2)C1. The van der Waals surface area contributed by atoms with Crippen LogP contribution in [0, 0.1) is 5.92 Å². The number of hydrogen-bond donors (Lipinski definition) is 1. The molecule has 0 aliphatic carbocycles. The maximum absolute atomic E-state index is 12.7. The number of amides is 2. The predicted molar refractivity (Wildman–Crippen MR) is 105 cm³/mol. The first-order valence-electron chi connectivity index (χ1n) is 9.65. The van der Waals surface area contributed by atoms with Crippen molar-refractivity contribution in [3.05, 3.63) is 34.9 Å². The minimum absolute atomic E-state index is 0.0130. The average molecular weight is 394 g/mol. The van der Waals surface area contributed by atoms with Gasteiger partial charge in [-0.05, 0) is 24.5 Å². The van der Waals surface area contributed by atoms with Gasteiger partial charge in [-0.25, -0.2) is 0 Å². The van der Waals surface area contributed by atoms with E-state index < -0.39 is 0 Å². The van der Waals surface area contributed by atoms with Crippen molar-refractivity contribution in [3.63, 3.8) is 0 Å². The van der Waals surface area contributed by atoms with Gasteiger partial charge in [-0.3, -0.25) is 14.5 Å². The van der Waals surface area contributed by atoms with Gasteiger partial charge < -0.3 is 15.0 Å². The van der Waals surface area contributed by atoms with Gasteiger partial charge >= 0.3 is 0 Å². The molecular weight excluding hydrogens is 366 g/mol. The van der Waals surface area contributed by atoms with Crippen LogP contribution in [0.15, 0.2) is 24.3 Å². The lowest BCUT2D eigenvalue weighted by atomic mass is 9.96. The predicted octanol–water partition coefficient (Wildman–Crippen LogP) is 2.09. The van der Waals surface area contributed by atoms with Gasteiger partial charge in [0.2, 0.25) is 11.8 Å². The van der Waals surface area contributed by atoms with Gasteiger partial charge in [-0.15, -0.1) is 0 Å². The third-order valence-electron chi connectivity index (χ3n) is 5.46. The number of carbonyl (C=O) groups excluding carboxylic acids is 2. The van der Waals surface area contributed by atoms with Crippen molar-refractivity contribution in [1.82, 2.24) is 15.1 Å². The van der Waals surface area contributed by atoms with Gasteiger partial charge in [0.05, 0.1) is 25.2 Å². The molecule has 0 spiro atoms. The smallest absolute Gasteiger partial charge is 0.224 e. The number of morpholine rings is 1. The summed E-state index contributed by atoms with van der Waals surface area (Å²) in [6, 6.07) is 7.81. The summed E-state index contributed by atoms with van der Waals surface area (Å²) in [6.45, 7) is 6.31. The zero-order valence-corrected chi connectivity index (χ0v) is 16.6. The summed E-state index contributed by atoms with van der Waals surface area (Å²) in [5.74, 6) is -0.0831. The molecule has 1 aromatic carbocycles. The number of ether oxygens (including phenoxy) is 1. The number of likely N-dealkylation sites (tertiary alicyclic amines) is 1. The van der Waals surface area contributed by atoms with E-state index in [9.17, 15) is 9.59 Å². The number of halogens is 1. The molecule has 2 unspecified atom stereocenters. The van der Waals surface area contributed by atoms with Crippen molar-refractivity contribution in [2.75, 3.05) is 45.9 Å². The molecular formula is C20H28ClN3O3. The Morgan fingerprint density at radius 1 is 1.26 bits per heavy atom. The quantitative estimate of drug-likeness (QED) is 0.832. The van der Waals surface area contributed by atoms with Gasteiger partial charge in [0.25, 0.3) is 0 Å². The van der Waals surface area contributed by atoms with Gasteiger partial charge in [-0.2, -0.15) is 0 Å². The Kier molecular flexibility index (Phi) is 7.10. The van der Waals surface area contributed by atoms with Gasteiger partial charge in [0.1, 0.15) is 0 Å². The summed E-state index contributed by atoms with van der Waals surface area (Å²) in [5.41, 5.74) is 1.02. The Hall–Kier alpha value is -1.63. The number of nitrogens with zero attached hydrogens (tertiary/aromatic N) is 2. The second-order valence-electron chi connectivity index (χ2n) is 7.23. The average Bonchev–Trinajstić information content (AvgIpc) is 2.70. The number of rotatable bonds is 5. The van der Waals surface area contributed by atoms with Crippen LogP contribution < -0.4 is 5.32 Å². The summed E-state index contributed by atoms with van der Waals surface area (Å²) in [7, 11) is 0. The van der Waals surface area contributed by atoms with E-state index in [4.69, 9.17) is 16.3 Å². The standard InChI is InChI=1S/C20H28ClN3O3/c1-15(25)24-8-4-5-16(14-24)20(26)22-13-19(23-9-11-27-12-10-23)17-6-2-3-7-18(17)21/h2-3,6-7,16,19H,4-5,8-14H2,1H3,(H,22,26). The zero-order valence-electron chi connectivity index (χ0n) is 15.8. The molecule has 2 saturated heterocycles. The Morgan fingerprint density at radius 3 is 2.70 bits per heavy atom. The zero-order chi connectivity index (χ0) is 19.2. The van der Waals surface area contributed by atoms with Crippen LogP contribution in [0.3, 0.4) is 0 Å². The molecule has 1 N–H and O–H groups in total. The largest absolute Gasteiger partial charge is 0.379 e. The minimum Gasteiger partial charge on any atom is -0.379 e. The van der Waals surface area contributed by atoms with Crippen LogP contribution in [-0.4, -0.2) is 67.6 Å². The number of piperidine rings is 1. The molecule has 0 aromatic heterocycles. The summed E-state index contributed by atoms with van der Waals surface area (Å²) < 4.78 is 5.47. The van der Waals surface area contributed by atoms with Crippen molar-refractivity contribution in [1.29, 1.82) is 0 Å². The van der Waals surface area contributed by atoms with E-state index in [0.29, 0.717) is 31.3 Å². The topological polar surface area (TPSA) is 61.9 Å². The lowest BCUT2D eigenvalue weighted by Gasteiger charge is -2.36. The third kappa shape index (κ3) is 5.21. The van der Waals surface area contributed by atoms with E-state index in [2.05, 4.69) is 10.2 Å². The molecule has 2 amide bonds. The number of benzene rings is 1. The van der Waals surface area contributed by atoms with E-state index in [1.54, 1.807) is 11.8 Å². The van der Waals surface area contributed by atoms with Crippen LogP contribution in [0.25, 0.3) is 0 Å². The van der Waals surface area contributed by atoms with Crippen LogP contribution in [-0.2, 0) is 14.3 Å². The normalized spacial score (nSPS) is 22.3. The molecule has 7 heteroatoms. The highest BCUT2D eigenvalue weighted by molar-refractivity contribution is 6.31. The molecule has 2 aliphatic heterocycles. The fraction of sp³-hybridized carbons (Fsp3) is 0.600. The highest BCUT2D eigenvalue weighted by Crippen LogP contribution is 2.28. The first-order valence-corrected chi connectivity index (χ1v) is 10.0.